The SMILES string of the molecule is C(=N\N(CCCCCN(/N=C/c1ccc(N(c2ccccc2)c2ccccc2)cc1)c1ccccc1)c1ccccc1)/c1ccc(N(c2ccccc2)c2ccccc2)cc1. The average molecular weight is 795 g/mol. The molecule has 0 aliphatic rings. The van der Waals surface area contributed by atoms with Crippen molar-refractivity contribution in [3.05, 3.63) is 242 Å². The minimum absolute atomic E-state index is 0.804. The Hall–Kier alpha value is -7.70. The summed E-state index contributed by atoms with van der Waals surface area (Å²) in [7, 11) is 0. The summed E-state index contributed by atoms with van der Waals surface area (Å²) in [6.07, 6.45) is 6.93. The third kappa shape index (κ3) is 10.9. The van der Waals surface area contributed by atoms with Crippen LogP contribution in [0, 0.1) is 0 Å². The number of nitrogens with zero attached hydrogens (tertiary/aromatic N) is 6. The van der Waals surface area contributed by atoms with Crippen LogP contribution >= 0.6 is 0 Å². The molecule has 0 atom stereocenters. The van der Waals surface area contributed by atoms with Crippen LogP contribution < -0.4 is 19.8 Å². The van der Waals surface area contributed by atoms with Gasteiger partial charge in [-0.2, -0.15) is 10.2 Å². The zero-order valence-corrected chi connectivity index (χ0v) is 34.3. The summed E-state index contributed by atoms with van der Waals surface area (Å²) in [6, 6.07) is 80.0. The lowest BCUT2D eigenvalue weighted by Gasteiger charge is -2.25. The maximum absolute atomic E-state index is 5.01. The molecule has 0 saturated carbocycles. The van der Waals surface area contributed by atoms with Gasteiger partial charge in [0.25, 0.3) is 0 Å². The van der Waals surface area contributed by atoms with Gasteiger partial charge in [0.15, 0.2) is 0 Å². The highest BCUT2D eigenvalue weighted by molar-refractivity contribution is 5.84. The van der Waals surface area contributed by atoms with E-state index in [0.29, 0.717) is 0 Å². The van der Waals surface area contributed by atoms with Gasteiger partial charge in [-0.3, -0.25) is 10.0 Å². The topological polar surface area (TPSA) is 37.7 Å². The van der Waals surface area contributed by atoms with E-state index in [-0.39, 0.29) is 0 Å². The first-order valence-electron chi connectivity index (χ1n) is 21.0. The maximum atomic E-state index is 5.01. The molecule has 0 saturated heterocycles. The second kappa shape index (κ2) is 20.8. The summed E-state index contributed by atoms with van der Waals surface area (Å²) in [4.78, 5) is 4.54. The molecule has 0 heterocycles. The van der Waals surface area contributed by atoms with Gasteiger partial charge >= 0.3 is 0 Å². The molecule has 8 aromatic rings. The highest BCUT2D eigenvalue weighted by Crippen LogP contribution is 2.35. The van der Waals surface area contributed by atoms with E-state index in [0.717, 1.165) is 89.0 Å². The molecule has 8 aromatic carbocycles. The first kappa shape index (κ1) is 40.1. The number of rotatable bonds is 18. The fraction of sp³-hybridized carbons (Fsp3) is 0.0909. The van der Waals surface area contributed by atoms with Crippen LogP contribution in [0.2, 0.25) is 0 Å². The van der Waals surface area contributed by atoms with E-state index < -0.39 is 0 Å². The number of benzene rings is 8. The third-order valence-corrected chi connectivity index (χ3v) is 10.4. The van der Waals surface area contributed by atoms with Gasteiger partial charge in [-0.25, -0.2) is 0 Å². The van der Waals surface area contributed by atoms with Crippen LogP contribution in [-0.2, 0) is 0 Å². The molecular weight excluding hydrogens is 745 g/mol. The molecule has 0 spiro atoms. The van der Waals surface area contributed by atoms with Gasteiger partial charge in [0.2, 0.25) is 0 Å². The quantitative estimate of drug-likeness (QED) is 0.0493. The predicted octanol–water partition coefficient (Wildman–Crippen LogP) is 14.2. The van der Waals surface area contributed by atoms with E-state index in [2.05, 4.69) is 214 Å². The summed E-state index contributed by atoms with van der Waals surface area (Å²) in [5.41, 5.74) is 10.9. The van der Waals surface area contributed by atoms with E-state index in [4.69, 9.17) is 10.2 Å². The third-order valence-electron chi connectivity index (χ3n) is 10.4. The summed E-state index contributed by atoms with van der Waals surface area (Å²) < 4.78 is 0. The molecule has 0 amide bonds. The van der Waals surface area contributed by atoms with Crippen LogP contribution in [0.15, 0.2) is 241 Å². The zero-order valence-electron chi connectivity index (χ0n) is 34.3. The maximum Gasteiger partial charge on any atom is 0.0593 e. The number of hydrazone groups is 2. The van der Waals surface area contributed by atoms with E-state index in [1.54, 1.807) is 0 Å². The largest absolute Gasteiger partial charge is 0.311 e. The van der Waals surface area contributed by atoms with Crippen molar-refractivity contribution in [3.63, 3.8) is 0 Å². The number of hydrogen-bond acceptors (Lipinski definition) is 6. The van der Waals surface area contributed by atoms with E-state index in [1.807, 2.05) is 48.8 Å². The highest BCUT2D eigenvalue weighted by atomic mass is 15.5. The molecule has 0 aliphatic carbocycles. The zero-order chi connectivity index (χ0) is 41.3. The smallest absolute Gasteiger partial charge is 0.0593 e. The molecule has 6 nitrogen and oxygen atoms in total. The number of unbranched alkanes of at least 4 members (excludes halogenated alkanes) is 2. The van der Waals surface area contributed by atoms with Gasteiger partial charge in [-0.05, 0) is 127 Å². The Morgan fingerprint density at radius 2 is 0.508 bits per heavy atom. The Labute approximate surface area is 360 Å². The first-order chi connectivity index (χ1) is 30.3. The van der Waals surface area contributed by atoms with Crippen molar-refractivity contribution in [1.82, 2.24) is 0 Å². The molecular formula is C55H50N6. The lowest BCUT2D eigenvalue weighted by molar-refractivity contribution is 0.648. The molecule has 0 unspecified atom stereocenters. The summed E-state index contributed by atoms with van der Waals surface area (Å²) in [6.45, 7) is 1.61. The monoisotopic (exact) mass is 794 g/mol. The number of hydrogen-bond donors (Lipinski definition) is 0. The standard InChI is InChI=1S/C55H50N6/c1-8-22-48(23-9-1)58(56-44-46-34-38-54(39-35-46)60(50-26-12-3-13-27-50)51-28-14-4-15-29-51)42-20-7-21-43-59(49-24-10-2-11-25-49)57-45-47-36-40-55(41-37-47)61(52-30-16-5-17-31-52)53-32-18-6-19-33-53/h1-6,8-19,22-41,44-45H,7,20-21,42-43H2/b56-44+,57-45+. The summed E-state index contributed by atoms with van der Waals surface area (Å²) in [5.74, 6) is 0. The Balaban J connectivity index is 0.907. The molecule has 0 fully saturated rings. The van der Waals surface area contributed by atoms with Gasteiger partial charge in [0.05, 0.1) is 23.8 Å². The van der Waals surface area contributed by atoms with Crippen molar-refractivity contribution in [1.29, 1.82) is 0 Å². The van der Waals surface area contributed by atoms with Crippen molar-refractivity contribution in [2.75, 3.05) is 32.9 Å². The van der Waals surface area contributed by atoms with Gasteiger partial charge in [0.1, 0.15) is 0 Å². The van der Waals surface area contributed by atoms with E-state index in [9.17, 15) is 0 Å². The van der Waals surface area contributed by atoms with Crippen molar-refractivity contribution in [2.45, 2.75) is 19.3 Å². The fourth-order valence-electron chi connectivity index (χ4n) is 7.30. The second-order valence-electron chi connectivity index (χ2n) is 14.7. The lowest BCUT2D eigenvalue weighted by atomic mass is 10.1. The second-order valence-corrected chi connectivity index (χ2v) is 14.7. The number of para-hydroxylation sites is 6. The van der Waals surface area contributed by atoms with Gasteiger partial charge in [-0.1, -0.05) is 133 Å². The van der Waals surface area contributed by atoms with Gasteiger partial charge in [-0.15, -0.1) is 0 Å². The fourth-order valence-corrected chi connectivity index (χ4v) is 7.30. The lowest BCUT2D eigenvalue weighted by Crippen LogP contribution is -2.20. The van der Waals surface area contributed by atoms with Crippen LogP contribution in [-0.4, -0.2) is 25.5 Å². The predicted molar refractivity (Wildman–Crippen MR) is 259 cm³/mol. The molecule has 6 heteroatoms. The van der Waals surface area contributed by atoms with E-state index >= 15 is 0 Å². The Kier molecular flexibility index (Phi) is 13.7. The molecule has 300 valence electrons. The molecule has 8 rings (SSSR count). The van der Waals surface area contributed by atoms with Crippen molar-refractivity contribution >= 4 is 57.9 Å². The van der Waals surface area contributed by atoms with Crippen LogP contribution in [0.4, 0.5) is 45.5 Å². The minimum atomic E-state index is 0.804. The molecule has 0 aliphatic heterocycles. The molecule has 61 heavy (non-hydrogen) atoms. The molecule has 0 aromatic heterocycles. The van der Waals surface area contributed by atoms with Crippen molar-refractivity contribution < 1.29 is 0 Å². The average Bonchev–Trinajstić information content (AvgIpc) is 3.34. The molecule has 0 N–H and O–H groups in total. The Bertz CT molecular complexity index is 2270. The normalized spacial score (nSPS) is 11.1. The highest BCUT2D eigenvalue weighted by Gasteiger charge is 2.13. The molecule has 0 bridgehead atoms. The van der Waals surface area contributed by atoms with Crippen LogP contribution in [0.25, 0.3) is 0 Å². The minimum Gasteiger partial charge on any atom is -0.311 e. The van der Waals surface area contributed by atoms with Gasteiger partial charge in [0, 0.05) is 47.2 Å². The van der Waals surface area contributed by atoms with Crippen molar-refractivity contribution in [2.24, 2.45) is 10.2 Å². The Morgan fingerprint density at radius 3 is 0.787 bits per heavy atom. The Morgan fingerprint density at radius 1 is 0.262 bits per heavy atom. The van der Waals surface area contributed by atoms with Crippen LogP contribution in [0.5, 0.6) is 0 Å². The van der Waals surface area contributed by atoms with Gasteiger partial charge < -0.3 is 9.80 Å². The first-order valence-corrected chi connectivity index (χ1v) is 21.0. The number of anilines is 8. The summed E-state index contributed by atoms with van der Waals surface area (Å²) >= 11 is 0. The summed E-state index contributed by atoms with van der Waals surface area (Å²) in [5, 5.41) is 14.2. The molecule has 0 radical (unpaired) electrons. The van der Waals surface area contributed by atoms with E-state index in [1.165, 1.54) is 0 Å². The van der Waals surface area contributed by atoms with Crippen molar-refractivity contribution in [3.8, 4) is 0 Å². The van der Waals surface area contributed by atoms with Crippen LogP contribution in [0.1, 0.15) is 30.4 Å². The van der Waals surface area contributed by atoms with Crippen LogP contribution in [0.3, 0.4) is 0 Å².